The third kappa shape index (κ3) is 6.24. The highest BCUT2D eigenvalue weighted by Crippen LogP contribution is 2.48. The molecule has 5 heteroatoms. The minimum absolute atomic E-state index is 0.0402. The second-order valence-corrected chi connectivity index (χ2v) is 16.6. The van der Waals surface area contributed by atoms with Gasteiger partial charge in [-0.2, -0.15) is 5.10 Å². The summed E-state index contributed by atoms with van der Waals surface area (Å²) in [5.41, 5.74) is 7.39. The molecule has 0 bridgehead atoms. The van der Waals surface area contributed by atoms with Crippen molar-refractivity contribution in [1.29, 1.82) is 0 Å². The number of pyridine rings is 1. The largest absolute Gasteiger partial charge is 0.400 e. The summed E-state index contributed by atoms with van der Waals surface area (Å²) in [7, 11) is -2.73. The van der Waals surface area contributed by atoms with Crippen molar-refractivity contribution < 1.29 is 4.43 Å². The van der Waals surface area contributed by atoms with Crippen LogP contribution in [-0.2, 0) is 4.43 Å². The number of rotatable bonds is 10. The van der Waals surface area contributed by atoms with E-state index in [1.54, 1.807) is 0 Å². The van der Waals surface area contributed by atoms with Crippen molar-refractivity contribution in [3.8, 4) is 0 Å². The molecule has 1 heterocycles. The van der Waals surface area contributed by atoms with Gasteiger partial charge in [0.25, 0.3) is 8.32 Å². The fourth-order valence-corrected chi connectivity index (χ4v) is 10.7. The smallest absolute Gasteiger partial charge is 0.261 e. The number of nitrogens with one attached hydrogen (secondary N) is 1. The van der Waals surface area contributed by atoms with Crippen molar-refractivity contribution >= 4 is 30.2 Å². The van der Waals surface area contributed by atoms with Crippen LogP contribution in [0.5, 0.6) is 0 Å². The normalized spacial score (nSPS) is 14.1. The molecule has 0 radical (unpaired) electrons. The van der Waals surface area contributed by atoms with Gasteiger partial charge in [0.2, 0.25) is 0 Å². The Labute approximate surface area is 256 Å². The van der Waals surface area contributed by atoms with Crippen molar-refractivity contribution in [2.24, 2.45) is 11.0 Å². The summed E-state index contributed by atoms with van der Waals surface area (Å²) in [6, 6.07) is 46.6. The highest BCUT2D eigenvalue weighted by molar-refractivity contribution is 6.99. The number of hydrogen-bond donors (Lipinski definition) is 1. The molecule has 0 aliphatic heterocycles. The first-order chi connectivity index (χ1) is 21.0. The van der Waals surface area contributed by atoms with E-state index in [-0.39, 0.29) is 11.1 Å². The second kappa shape index (κ2) is 12.5. The average molecular weight is 582 g/mol. The maximum absolute atomic E-state index is 7.65. The minimum Gasteiger partial charge on any atom is -0.400 e. The number of hydrazone groups is 1. The van der Waals surface area contributed by atoms with E-state index in [1.807, 2.05) is 42.6 Å². The molecule has 0 spiro atoms. The first-order valence-corrected chi connectivity index (χ1v) is 17.1. The van der Waals surface area contributed by atoms with Gasteiger partial charge in [0.05, 0.1) is 11.8 Å². The van der Waals surface area contributed by atoms with E-state index in [9.17, 15) is 0 Å². The van der Waals surface area contributed by atoms with Crippen molar-refractivity contribution in [2.75, 3.05) is 5.43 Å². The van der Waals surface area contributed by atoms with Crippen LogP contribution in [-0.4, -0.2) is 19.0 Å². The summed E-state index contributed by atoms with van der Waals surface area (Å²) in [6.45, 7) is 7.02. The highest BCUT2D eigenvalue weighted by Gasteiger charge is 2.53. The number of hydrogen-bond acceptors (Lipinski definition) is 4. The molecule has 1 aromatic heterocycles. The molecule has 1 fully saturated rings. The molecule has 1 atom stereocenters. The summed E-state index contributed by atoms with van der Waals surface area (Å²) < 4.78 is 7.65. The zero-order chi connectivity index (χ0) is 29.7. The lowest BCUT2D eigenvalue weighted by Gasteiger charge is -2.45. The Kier molecular flexibility index (Phi) is 8.37. The van der Waals surface area contributed by atoms with Crippen LogP contribution in [0.15, 0.2) is 145 Å². The summed E-state index contributed by atoms with van der Waals surface area (Å²) >= 11 is 0. The van der Waals surface area contributed by atoms with Crippen LogP contribution >= 0.6 is 0 Å². The summed E-state index contributed by atoms with van der Waals surface area (Å²) in [4.78, 5) is 4.66. The average Bonchev–Trinajstić information content (AvgIpc) is 3.89. The predicted octanol–water partition coefficient (Wildman–Crippen LogP) is 7.97. The quantitative estimate of drug-likeness (QED) is 0.103. The summed E-state index contributed by atoms with van der Waals surface area (Å²) in [5.74, 6) is 1.18. The van der Waals surface area contributed by atoms with Gasteiger partial charge >= 0.3 is 0 Å². The molecule has 4 nitrogen and oxygen atoms in total. The summed E-state index contributed by atoms with van der Waals surface area (Å²) in [5, 5.41) is 7.38. The zero-order valence-electron chi connectivity index (χ0n) is 25.2. The maximum Gasteiger partial charge on any atom is 0.261 e. The van der Waals surface area contributed by atoms with Crippen LogP contribution in [0.4, 0.5) is 5.82 Å². The molecular formula is C38H39N3OSi. The van der Waals surface area contributed by atoms with Crippen LogP contribution in [0.2, 0.25) is 5.04 Å². The van der Waals surface area contributed by atoms with Crippen molar-refractivity contribution in [2.45, 2.75) is 44.8 Å². The Bertz CT molecular complexity index is 1570. The molecule has 6 rings (SSSR count). The third-order valence-electron chi connectivity index (χ3n) is 8.26. The molecular weight excluding hydrogens is 543 g/mol. The Morgan fingerprint density at radius 1 is 0.744 bits per heavy atom. The predicted molar refractivity (Wildman–Crippen MR) is 181 cm³/mol. The molecule has 1 unspecified atom stereocenters. The van der Waals surface area contributed by atoms with Gasteiger partial charge in [0.1, 0.15) is 5.82 Å². The second-order valence-electron chi connectivity index (χ2n) is 12.3. The zero-order valence-corrected chi connectivity index (χ0v) is 26.2. The van der Waals surface area contributed by atoms with Crippen LogP contribution in [0, 0.1) is 5.92 Å². The number of anilines is 1. The van der Waals surface area contributed by atoms with Crippen molar-refractivity contribution in [3.05, 3.63) is 156 Å². The fourth-order valence-electron chi connectivity index (χ4n) is 6.00. The maximum atomic E-state index is 7.65. The van der Waals surface area contributed by atoms with Gasteiger partial charge < -0.3 is 4.43 Å². The van der Waals surface area contributed by atoms with Crippen molar-refractivity contribution in [1.82, 2.24) is 4.98 Å². The van der Waals surface area contributed by atoms with E-state index in [4.69, 9.17) is 9.53 Å². The topological polar surface area (TPSA) is 46.5 Å². The lowest BCUT2D eigenvalue weighted by molar-refractivity contribution is 0.167. The standard InChI is InChI=1S/C38H39N3OSi/c1-38(2,3)43(33-20-12-6-13-21-33,34-22-14-7-15-23-34)42-37(31-24-25-31)32-26-27-39-35(28-32)40-41-36(29-16-8-4-9-17-29)30-18-10-5-11-19-30/h4-23,26-28,31,37H,24-25H2,1-3H3,(H,39,40). The number of benzene rings is 4. The molecule has 1 aliphatic rings. The van der Waals surface area contributed by atoms with E-state index in [0.29, 0.717) is 11.7 Å². The van der Waals surface area contributed by atoms with Crippen LogP contribution in [0.1, 0.15) is 56.4 Å². The van der Waals surface area contributed by atoms with E-state index < -0.39 is 8.32 Å². The molecule has 5 aromatic rings. The third-order valence-corrected chi connectivity index (χ3v) is 13.3. The lowest BCUT2D eigenvalue weighted by atomic mass is 10.0. The molecule has 43 heavy (non-hydrogen) atoms. The Balaban J connectivity index is 1.38. The fraction of sp³-hybridized carbons (Fsp3) is 0.211. The van der Waals surface area contributed by atoms with Gasteiger partial charge in [-0.1, -0.05) is 142 Å². The van der Waals surface area contributed by atoms with Gasteiger partial charge in [-0.15, -0.1) is 0 Å². The monoisotopic (exact) mass is 581 g/mol. The molecule has 0 saturated heterocycles. The van der Waals surface area contributed by atoms with Crippen LogP contribution in [0.3, 0.4) is 0 Å². The number of aromatic nitrogens is 1. The van der Waals surface area contributed by atoms with Gasteiger partial charge in [-0.3, -0.25) is 5.43 Å². The Morgan fingerprint density at radius 3 is 1.70 bits per heavy atom. The first-order valence-electron chi connectivity index (χ1n) is 15.1. The first kappa shape index (κ1) is 28.8. The van der Waals surface area contributed by atoms with Crippen LogP contribution < -0.4 is 15.8 Å². The number of nitrogens with zero attached hydrogens (tertiary/aromatic N) is 2. The molecule has 4 aromatic carbocycles. The van der Waals surface area contributed by atoms with E-state index in [1.165, 1.54) is 10.4 Å². The molecule has 1 N–H and O–H groups in total. The molecule has 0 amide bonds. The minimum atomic E-state index is -2.73. The highest BCUT2D eigenvalue weighted by atomic mass is 28.4. The Morgan fingerprint density at radius 2 is 1.23 bits per heavy atom. The SMILES string of the molecule is CC(C)(C)[Si](OC(c1ccnc(NN=C(c2ccccc2)c2ccccc2)c1)C1CC1)(c1ccccc1)c1ccccc1. The van der Waals surface area contributed by atoms with Gasteiger partial charge in [-0.05, 0) is 51.9 Å². The summed E-state index contributed by atoms with van der Waals surface area (Å²) in [6.07, 6.45) is 4.17. The molecule has 216 valence electrons. The Hall–Kier alpha value is -4.32. The van der Waals surface area contributed by atoms with E-state index >= 15 is 0 Å². The molecule has 1 aliphatic carbocycles. The van der Waals surface area contributed by atoms with E-state index in [0.717, 1.165) is 35.2 Å². The van der Waals surface area contributed by atoms with Gasteiger partial charge in [-0.25, -0.2) is 4.98 Å². The van der Waals surface area contributed by atoms with Crippen molar-refractivity contribution in [3.63, 3.8) is 0 Å². The lowest BCUT2D eigenvalue weighted by Crippen LogP contribution is -2.67. The van der Waals surface area contributed by atoms with Crippen LogP contribution in [0.25, 0.3) is 0 Å². The molecule has 1 saturated carbocycles. The van der Waals surface area contributed by atoms with Gasteiger partial charge in [0.15, 0.2) is 0 Å². The van der Waals surface area contributed by atoms with E-state index in [2.05, 4.69) is 128 Å². The van der Waals surface area contributed by atoms with Gasteiger partial charge in [0, 0.05) is 17.3 Å².